The Hall–Kier alpha value is 2.07. The molecule has 0 rings (SSSR count). The molecule has 80 valence electrons. The van der Waals surface area contributed by atoms with Gasteiger partial charge in [-0.05, 0) is 12.8 Å². The van der Waals surface area contributed by atoms with Crippen molar-refractivity contribution in [2.45, 2.75) is 22.0 Å². The quantitative estimate of drug-likeness (QED) is 0.383. The van der Waals surface area contributed by atoms with E-state index in [1.807, 2.05) is 0 Å². The normalized spacial score (nSPS) is 12.7. The Labute approximate surface area is 125 Å². The summed E-state index contributed by atoms with van der Waals surface area (Å²) >= 11 is 22.0. The largest absolute Gasteiger partial charge is 1.00 e. The van der Waals surface area contributed by atoms with E-state index in [9.17, 15) is 13.0 Å². The topological polar surface area (TPSA) is 57.2 Å². The molecule has 0 saturated carbocycles. The minimum absolute atomic E-state index is 0. The van der Waals surface area contributed by atoms with Crippen molar-refractivity contribution in [2.75, 3.05) is 5.75 Å². The Morgan fingerprint density at radius 3 is 2.00 bits per heavy atom. The van der Waals surface area contributed by atoms with Crippen molar-refractivity contribution in [1.29, 1.82) is 0 Å². The zero-order chi connectivity index (χ0) is 10.7. The van der Waals surface area contributed by atoms with E-state index in [1.165, 1.54) is 0 Å². The van der Waals surface area contributed by atoms with Crippen molar-refractivity contribution in [3.63, 3.8) is 0 Å². The van der Waals surface area contributed by atoms with Crippen LogP contribution in [0.25, 0.3) is 0 Å². The van der Waals surface area contributed by atoms with Gasteiger partial charge in [0.1, 0.15) is 9.17 Å². The van der Waals surface area contributed by atoms with E-state index in [0.717, 1.165) is 0 Å². The van der Waals surface area contributed by atoms with E-state index in [0.29, 0.717) is 0 Å². The Morgan fingerprint density at radius 2 is 1.71 bits per heavy atom. The Kier molecular flexibility index (Phi) is 9.75. The molecular formula is C5H7Cl4NaO3S. The van der Waals surface area contributed by atoms with E-state index >= 15 is 0 Å². The van der Waals surface area contributed by atoms with Gasteiger partial charge in [-0.15, -0.1) is 23.2 Å². The van der Waals surface area contributed by atoms with Gasteiger partial charge in [-0.1, -0.05) is 23.2 Å². The molecule has 0 aromatic rings. The molecule has 0 aromatic carbocycles. The molecule has 0 saturated heterocycles. The van der Waals surface area contributed by atoms with Gasteiger partial charge in [0.05, 0.1) is 10.1 Å². The van der Waals surface area contributed by atoms with E-state index in [4.69, 9.17) is 46.4 Å². The average Bonchev–Trinajstić information content (AvgIpc) is 1.82. The summed E-state index contributed by atoms with van der Waals surface area (Å²) in [5.74, 6) is -0.519. The minimum Gasteiger partial charge on any atom is -0.748 e. The van der Waals surface area contributed by atoms with E-state index in [-0.39, 0.29) is 42.4 Å². The zero-order valence-corrected chi connectivity index (χ0v) is 13.2. The summed E-state index contributed by atoms with van der Waals surface area (Å²) in [7, 11) is -4.23. The summed E-state index contributed by atoms with van der Waals surface area (Å²) in [6, 6.07) is 0. The molecule has 0 aromatic heterocycles. The molecule has 0 radical (unpaired) electrons. The van der Waals surface area contributed by atoms with E-state index in [2.05, 4.69) is 0 Å². The second kappa shape index (κ2) is 7.41. The molecule has 0 aliphatic heterocycles. The van der Waals surface area contributed by atoms with Gasteiger partial charge in [0.15, 0.2) is 0 Å². The van der Waals surface area contributed by atoms with Crippen molar-refractivity contribution in [2.24, 2.45) is 0 Å². The number of hydrogen-bond donors (Lipinski definition) is 0. The summed E-state index contributed by atoms with van der Waals surface area (Å²) in [4.78, 5) is -1.02. The molecule has 0 atom stereocenters. The van der Waals surface area contributed by atoms with Crippen LogP contribution in [0.1, 0.15) is 12.8 Å². The van der Waals surface area contributed by atoms with Crippen molar-refractivity contribution in [3.05, 3.63) is 0 Å². The van der Waals surface area contributed by atoms with E-state index < -0.39 is 25.0 Å². The van der Waals surface area contributed by atoms with Gasteiger partial charge in [-0.3, -0.25) is 0 Å². The summed E-state index contributed by atoms with van der Waals surface area (Å²) in [5.41, 5.74) is 0. The first-order valence-electron chi connectivity index (χ1n) is 3.25. The van der Waals surface area contributed by atoms with Crippen molar-refractivity contribution < 1.29 is 42.5 Å². The van der Waals surface area contributed by atoms with Gasteiger partial charge in [-0.25, -0.2) is 8.42 Å². The van der Waals surface area contributed by atoms with Gasteiger partial charge < -0.3 is 4.55 Å². The monoisotopic (exact) mass is 310 g/mol. The van der Waals surface area contributed by atoms with Gasteiger partial charge in [0.25, 0.3) is 0 Å². The maximum absolute atomic E-state index is 10.2. The fourth-order valence-corrected chi connectivity index (χ4v) is 1.58. The SMILES string of the molecule is O=S(=O)([O-])CCCC(Cl)(Cl)C(Cl)Cl.[Na+]. The Balaban J connectivity index is 0. The van der Waals surface area contributed by atoms with Crippen LogP contribution < -0.4 is 29.6 Å². The molecule has 0 fully saturated rings. The third-order valence-electron chi connectivity index (χ3n) is 1.22. The maximum atomic E-state index is 10.2. The molecule has 14 heavy (non-hydrogen) atoms. The maximum Gasteiger partial charge on any atom is 1.00 e. The predicted molar refractivity (Wildman–Crippen MR) is 53.7 cm³/mol. The van der Waals surface area contributed by atoms with Crippen LogP contribution in [-0.4, -0.2) is 27.9 Å². The standard InChI is InChI=1S/C5H8Cl4O3S.Na/c6-4(7)5(8,9)2-1-3-13(10,11)12;/h4H,1-3H2,(H,10,11,12);/q;+1/p-1. The van der Waals surface area contributed by atoms with Crippen molar-refractivity contribution in [3.8, 4) is 0 Å². The van der Waals surface area contributed by atoms with Crippen LogP contribution in [0, 0.1) is 0 Å². The first-order chi connectivity index (χ1) is 5.65. The van der Waals surface area contributed by atoms with E-state index in [1.54, 1.807) is 0 Å². The molecule has 0 unspecified atom stereocenters. The average molecular weight is 312 g/mol. The summed E-state index contributed by atoms with van der Waals surface area (Å²) in [6.07, 6.45) is 0.0873. The van der Waals surface area contributed by atoms with Gasteiger partial charge in [0.2, 0.25) is 0 Å². The summed E-state index contributed by atoms with van der Waals surface area (Å²) < 4.78 is 29.1. The summed E-state index contributed by atoms with van der Waals surface area (Å²) in [5, 5.41) is 0. The van der Waals surface area contributed by atoms with Crippen LogP contribution in [0.15, 0.2) is 0 Å². The van der Waals surface area contributed by atoms with Gasteiger partial charge in [-0.2, -0.15) is 0 Å². The molecule has 0 spiro atoms. The van der Waals surface area contributed by atoms with Crippen LogP contribution in [0.2, 0.25) is 0 Å². The molecule has 0 heterocycles. The Morgan fingerprint density at radius 1 is 1.29 bits per heavy atom. The van der Waals surface area contributed by atoms with Crippen LogP contribution >= 0.6 is 46.4 Å². The van der Waals surface area contributed by atoms with Gasteiger partial charge in [0, 0.05) is 5.75 Å². The molecule has 0 aliphatic rings. The third-order valence-corrected chi connectivity index (χ3v) is 4.02. The molecule has 0 bridgehead atoms. The van der Waals surface area contributed by atoms with Crippen LogP contribution in [-0.2, 0) is 10.1 Å². The van der Waals surface area contributed by atoms with Crippen LogP contribution in [0.5, 0.6) is 0 Å². The number of rotatable bonds is 5. The third kappa shape index (κ3) is 9.31. The van der Waals surface area contributed by atoms with Crippen molar-refractivity contribution in [1.82, 2.24) is 0 Å². The smallest absolute Gasteiger partial charge is 0.748 e. The fourth-order valence-electron chi connectivity index (χ4n) is 0.594. The second-order valence-corrected chi connectivity index (χ2v) is 6.59. The number of hydrogen-bond acceptors (Lipinski definition) is 3. The molecule has 9 heteroatoms. The predicted octanol–water partition coefficient (Wildman–Crippen LogP) is -0.707. The van der Waals surface area contributed by atoms with Crippen LogP contribution in [0.3, 0.4) is 0 Å². The number of alkyl halides is 4. The molecule has 0 amide bonds. The van der Waals surface area contributed by atoms with Gasteiger partial charge >= 0.3 is 29.6 Å². The fraction of sp³-hybridized carbons (Fsp3) is 1.00. The molecule has 3 nitrogen and oxygen atoms in total. The first-order valence-corrected chi connectivity index (χ1v) is 6.45. The van der Waals surface area contributed by atoms with Crippen LogP contribution in [0.4, 0.5) is 0 Å². The van der Waals surface area contributed by atoms with Crippen molar-refractivity contribution >= 4 is 56.5 Å². The zero-order valence-electron chi connectivity index (χ0n) is 7.34. The molecule has 0 aliphatic carbocycles. The Bertz CT molecular complexity index is 254. The molecular weight excluding hydrogens is 305 g/mol. The summed E-state index contributed by atoms with van der Waals surface area (Å²) in [6.45, 7) is 0. The second-order valence-electron chi connectivity index (χ2n) is 2.43. The first kappa shape index (κ1) is 18.4. The minimum atomic E-state index is -4.23. The molecule has 0 N–H and O–H groups in total. The number of halogens is 4.